The van der Waals surface area contributed by atoms with E-state index in [1.165, 1.54) is 6.07 Å². The van der Waals surface area contributed by atoms with E-state index in [0.717, 1.165) is 11.1 Å². The lowest BCUT2D eigenvalue weighted by Gasteiger charge is -2.04. The molecule has 0 amide bonds. The number of Topliss-reactive ketones (excluding diaryl/α,β-unsaturated/α-hetero) is 1. The zero-order chi connectivity index (χ0) is 14.5. The van der Waals surface area contributed by atoms with Crippen LogP contribution >= 0.6 is 15.9 Å². The number of carbonyl (C=O) groups excluding carboxylic acids is 1. The van der Waals surface area contributed by atoms with Gasteiger partial charge in [0.05, 0.1) is 4.47 Å². The van der Waals surface area contributed by atoms with Gasteiger partial charge in [-0.15, -0.1) is 0 Å². The van der Waals surface area contributed by atoms with Gasteiger partial charge in [-0.25, -0.2) is 4.39 Å². The van der Waals surface area contributed by atoms with Crippen LogP contribution in [0.15, 0.2) is 46.9 Å². The van der Waals surface area contributed by atoms with Gasteiger partial charge in [0.25, 0.3) is 0 Å². The van der Waals surface area contributed by atoms with E-state index in [1.807, 2.05) is 24.3 Å². The van der Waals surface area contributed by atoms with E-state index in [2.05, 4.69) is 15.9 Å². The quantitative estimate of drug-likeness (QED) is 0.841. The topological polar surface area (TPSA) is 43.1 Å². The van der Waals surface area contributed by atoms with Crippen molar-refractivity contribution in [2.24, 2.45) is 0 Å². The Morgan fingerprint density at radius 2 is 1.95 bits per heavy atom. The number of halogens is 2. The number of rotatable bonds is 5. The molecule has 0 saturated carbocycles. The Morgan fingerprint density at radius 1 is 1.15 bits per heavy atom. The third-order valence-electron chi connectivity index (χ3n) is 3.03. The summed E-state index contributed by atoms with van der Waals surface area (Å²) in [6.07, 6.45) is 1.45. The molecule has 0 bridgehead atoms. The maximum absolute atomic E-state index is 13.1. The van der Waals surface area contributed by atoms with Gasteiger partial charge in [-0.2, -0.15) is 0 Å². The molecule has 0 heterocycles. The van der Waals surface area contributed by atoms with Crippen molar-refractivity contribution in [3.63, 3.8) is 0 Å². The first-order valence-corrected chi connectivity index (χ1v) is 7.14. The fourth-order valence-corrected chi connectivity index (χ4v) is 2.42. The van der Waals surface area contributed by atoms with Crippen molar-refractivity contribution >= 4 is 27.4 Å². The minimum Gasteiger partial charge on any atom is -0.399 e. The summed E-state index contributed by atoms with van der Waals surface area (Å²) in [7, 11) is 0. The standard InChI is InChI=1S/C16H15BrFNO/c17-15-10-12(5-7-16(15)18)9-14(20)6-4-11-2-1-3-13(19)8-11/h1-3,5,7-8,10H,4,6,9,19H2. The Labute approximate surface area is 125 Å². The second-order valence-corrected chi connectivity index (χ2v) is 5.56. The summed E-state index contributed by atoms with van der Waals surface area (Å²) in [6.45, 7) is 0. The maximum Gasteiger partial charge on any atom is 0.137 e. The highest BCUT2D eigenvalue weighted by atomic mass is 79.9. The lowest BCUT2D eigenvalue weighted by molar-refractivity contribution is -0.118. The summed E-state index contributed by atoms with van der Waals surface area (Å²) in [5.41, 5.74) is 8.27. The van der Waals surface area contributed by atoms with Crippen LogP contribution in [0.4, 0.5) is 10.1 Å². The maximum atomic E-state index is 13.1. The fourth-order valence-electron chi connectivity index (χ4n) is 2.00. The molecule has 0 spiro atoms. The highest BCUT2D eigenvalue weighted by molar-refractivity contribution is 9.10. The number of hydrogen-bond donors (Lipinski definition) is 1. The van der Waals surface area contributed by atoms with Gasteiger partial charge >= 0.3 is 0 Å². The van der Waals surface area contributed by atoms with Gasteiger partial charge < -0.3 is 5.73 Å². The van der Waals surface area contributed by atoms with Crippen molar-refractivity contribution in [1.82, 2.24) is 0 Å². The molecule has 0 fully saturated rings. The summed E-state index contributed by atoms with van der Waals surface area (Å²) in [6, 6.07) is 12.2. The van der Waals surface area contributed by atoms with Gasteiger partial charge in [-0.1, -0.05) is 18.2 Å². The average Bonchev–Trinajstić information content (AvgIpc) is 2.41. The van der Waals surface area contributed by atoms with Crippen molar-refractivity contribution in [3.8, 4) is 0 Å². The zero-order valence-electron chi connectivity index (χ0n) is 10.9. The molecule has 2 aromatic carbocycles. The zero-order valence-corrected chi connectivity index (χ0v) is 12.5. The Hall–Kier alpha value is -1.68. The van der Waals surface area contributed by atoms with Crippen molar-refractivity contribution in [3.05, 3.63) is 63.9 Å². The highest BCUT2D eigenvalue weighted by Crippen LogP contribution is 2.18. The summed E-state index contributed by atoms with van der Waals surface area (Å²) in [4.78, 5) is 11.9. The van der Waals surface area contributed by atoms with E-state index in [4.69, 9.17) is 5.73 Å². The SMILES string of the molecule is Nc1cccc(CCC(=O)Cc2ccc(F)c(Br)c2)c1. The van der Waals surface area contributed by atoms with Gasteiger partial charge in [0.2, 0.25) is 0 Å². The van der Waals surface area contributed by atoms with E-state index in [-0.39, 0.29) is 11.6 Å². The number of hydrogen-bond acceptors (Lipinski definition) is 2. The van der Waals surface area contributed by atoms with E-state index in [1.54, 1.807) is 12.1 Å². The first kappa shape index (κ1) is 14.7. The molecule has 20 heavy (non-hydrogen) atoms. The number of anilines is 1. The van der Waals surface area contributed by atoms with Gasteiger partial charge in [-0.05, 0) is 57.7 Å². The first-order chi connectivity index (χ1) is 9.54. The molecule has 2 N–H and O–H groups in total. The van der Waals surface area contributed by atoms with Crippen molar-refractivity contribution < 1.29 is 9.18 Å². The van der Waals surface area contributed by atoms with Crippen molar-refractivity contribution in [2.75, 3.05) is 5.73 Å². The molecule has 2 rings (SSSR count). The molecular formula is C16H15BrFNO. The number of aryl methyl sites for hydroxylation is 1. The van der Waals surface area contributed by atoms with Crippen LogP contribution < -0.4 is 5.73 Å². The number of benzene rings is 2. The molecule has 0 unspecified atom stereocenters. The average molecular weight is 336 g/mol. The Balaban J connectivity index is 1.91. The fraction of sp³-hybridized carbons (Fsp3) is 0.188. The van der Waals surface area contributed by atoms with Crippen LogP contribution in [0.25, 0.3) is 0 Å². The second-order valence-electron chi connectivity index (χ2n) is 4.71. The molecule has 0 aliphatic heterocycles. The van der Waals surface area contributed by atoms with Gasteiger partial charge in [-0.3, -0.25) is 4.79 Å². The third-order valence-corrected chi connectivity index (χ3v) is 3.64. The van der Waals surface area contributed by atoms with Crippen LogP contribution in [0.3, 0.4) is 0 Å². The smallest absolute Gasteiger partial charge is 0.137 e. The molecule has 2 nitrogen and oxygen atoms in total. The van der Waals surface area contributed by atoms with E-state index < -0.39 is 0 Å². The van der Waals surface area contributed by atoms with Crippen molar-refractivity contribution in [2.45, 2.75) is 19.3 Å². The van der Waals surface area contributed by atoms with E-state index in [9.17, 15) is 9.18 Å². The molecule has 104 valence electrons. The van der Waals surface area contributed by atoms with E-state index in [0.29, 0.717) is 29.4 Å². The number of nitrogens with two attached hydrogens (primary N) is 1. The second kappa shape index (κ2) is 6.66. The normalized spacial score (nSPS) is 10.5. The molecule has 4 heteroatoms. The monoisotopic (exact) mass is 335 g/mol. The van der Waals surface area contributed by atoms with Crippen LogP contribution in [-0.4, -0.2) is 5.78 Å². The summed E-state index contributed by atoms with van der Waals surface area (Å²) >= 11 is 3.12. The molecule has 0 aliphatic rings. The molecule has 2 aromatic rings. The highest BCUT2D eigenvalue weighted by Gasteiger charge is 2.07. The minimum atomic E-state index is -0.319. The molecule has 0 aliphatic carbocycles. The predicted octanol–water partition coefficient (Wildman–Crippen LogP) is 3.91. The molecular weight excluding hydrogens is 321 g/mol. The predicted molar refractivity (Wildman–Crippen MR) is 82.0 cm³/mol. The Morgan fingerprint density at radius 3 is 2.65 bits per heavy atom. The summed E-state index contributed by atoms with van der Waals surface area (Å²) in [5.74, 6) is -0.188. The Bertz CT molecular complexity index is 628. The van der Waals surface area contributed by atoms with E-state index >= 15 is 0 Å². The third kappa shape index (κ3) is 4.17. The molecule has 0 saturated heterocycles. The van der Waals surface area contributed by atoms with Gasteiger partial charge in [0, 0.05) is 18.5 Å². The van der Waals surface area contributed by atoms with Crippen LogP contribution in [0.5, 0.6) is 0 Å². The lowest BCUT2D eigenvalue weighted by atomic mass is 10.0. The summed E-state index contributed by atoms with van der Waals surface area (Å²) in [5, 5.41) is 0. The van der Waals surface area contributed by atoms with Crippen LogP contribution in [0.2, 0.25) is 0 Å². The molecule has 0 atom stereocenters. The molecule has 0 radical (unpaired) electrons. The molecule has 0 aromatic heterocycles. The van der Waals surface area contributed by atoms with Crippen molar-refractivity contribution in [1.29, 1.82) is 0 Å². The number of carbonyl (C=O) groups is 1. The largest absolute Gasteiger partial charge is 0.399 e. The number of ketones is 1. The van der Waals surface area contributed by atoms with Crippen LogP contribution in [0.1, 0.15) is 17.5 Å². The van der Waals surface area contributed by atoms with Crippen LogP contribution in [0, 0.1) is 5.82 Å². The van der Waals surface area contributed by atoms with Gasteiger partial charge in [0.15, 0.2) is 0 Å². The summed E-state index contributed by atoms with van der Waals surface area (Å²) < 4.78 is 13.5. The minimum absolute atomic E-state index is 0.130. The lowest BCUT2D eigenvalue weighted by Crippen LogP contribution is -2.04. The number of nitrogen functional groups attached to an aromatic ring is 1. The van der Waals surface area contributed by atoms with Crippen LogP contribution in [-0.2, 0) is 17.6 Å². The van der Waals surface area contributed by atoms with Gasteiger partial charge in [0.1, 0.15) is 11.6 Å². The Kier molecular flexibility index (Phi) is 4.90. The first-order valence-electron chi connectivity index (χ1n) is 6.34.